The van der Waals surface area contributed by atoms with Crippen LogP contribution in [-0.4, -0.2) is 36.5 Å². The van der Waals surface area contributed by atoms with E-state index in [1.54, 1.807) is 0 Å². The Hall–Kier alpha value is -0.280. The van der Waals surface area contributed by atoms with Gasteiger partial charge in [-0.3, -0.25) is 4.79 Å². The molecule has 0 radical (unpaired) electrons. The minimum Gasteiger partial charge on any atom is -0.340 e. The number of carbonyl (C=O) groups excluding carboxylic acids is 1. The second-order valence-electron chi connectivity index (χ2n) is 5.68. The lowest BCUT2D eigenvalue weighted by Crippen LogP contribution is -2.52. The van der Waals surface area contributed by atoms with Crippen molar-refractivity contribution >= 4 is 18.3 Å². The maximum Gasteiger partial charge on any atom is 0.225 e. The van der Waals surface area contributed by atoms with Gasteiger partial charge in [-0.25, -0.2) is 0 Å². The molecule has 1 saturated heterocycles. The minimum absolute atomic E-state index is 0. The standard InChI is InChI=1S/C14H26N2O.ClH/c1-12-11-16(10-9-15-12)14(17)13-7-5-3-2-4-6-8-13;/h12-13,15H,2-11H2,1H3;1H/t12-;/m1./s1. The molecular weight excluding hydrogens is 248 g/mol. The van der Waals surface area contributed by atoms with Crippen LogP contribution in [0.15, 0.2) is 0 Å². The highest BCUT2D eigenvalue weighted by Crippen LogP contribution is 2.24. The Kier molecular flexibility index (Phi) is 7.02. The first-order valence-corrected chi connectivity index (χ1v) is 7.29. The van der Waals surface area contributed by atoms with Gasteiger partial charge in [0, 0.05) is 31.6 Å². The van der Waals surface area contributed by atoms with Crippen LogP contribution < -0.4 is 5.32 Å². The summed E-state index contributed by atoms with van der Waals surface area (Å²) >= 11 is 0. The number of piperazine rings is 1. The van der Waals surface area contributed by atoms with Crippen LogP contribution in [0.25, 0.3) is 0 Å². The fourth-order valence-corrected chi connectivity index (χ4v) is 3.09. The molecule has 1 aliphatic carbocycles. The van der Waals surface area contributed by atoms with Gasteiger partial charge >= 0.3 is 0 Å². The SMILES string of the molecule is C[C@@H]1CN(C(=O)C2CCCCCCC2)CCN1.Cl. The van der Waals surface area contributed by atoms with Gasteiger partial charge in [-0.15, -0.1) is 12.4 Å². The molecular formula is C14H27ClN2O. The zero-order valence-electron chi connectivity index (χ0n) is 11.5. The number of rotatable bonds is 1. The molecule has 4 heteroatoms. The van der Waals surface area contributed by atoms with Crippen molar-refractivity contribution < 1.29 is 4.79 Å². The summed E-state index contributed by atoms with van der Waals surface area (Å²) in [6, 6.07) is 0.459. The largest absolute Gasteiger partial charge is 0.340 e. The van der Waals surface area contributed by atoms with Crippen molar-refractivity contribution in [1.82, 2.24) is 10.2 Å². The van der Waals surface area contributed by atoms with E-state index < -0.39 is 0 Å². The molecule has 106 valence electrons. The third kappa shape index (κ3) is 4.43. The quantitative estimate of drug-likeness (QED) is 0.797. The minimum atomic E-state index is 0. The van der Waals surface area contributed by atoms with Gasteiger partial charge in [-0.05, 0) is 19.8 Å². The molecule has 2 aliphatic rings. The van der Waals surface area contributed by atoms with Crippen molar-refractivity contribution in [2.45, 2.75) is 57.9 Å². The monoisotopic (exact) mass is 274 g/mol. The lowest BCUT2D eigenvalue weighted by molar-refractivity contribution is -0.137. The van der Waals surface area contributed by atoms with Gasteiger partial charge in [0.25, 0.3) is 0 Å². The fourth-order valence-electron chi connectivity index (χ4n) is 3.09. The molecule has 1 atom stereocenters. The molecule has 0 unspecified atom stereocenters. The Morgan fingerprint density at radius 1 is 1.11 bits per heavy atom. The van der Waals surface area contributed by atoms with Gasteiger partial charge < -0.3 is 10.2 Å². The molecule has 0 bridgehead atoms. The summed E-state index contributed by atoms with van der Waals surface area (Å²) in [4.78, 5) is 14.6. The summed E-state index contributed by atoms with van der Waals surface area (Å²) in [6.45, 7) is 4.92. The smallest absolute Gasteiger partial charge is 0.225 e. The van der Waals surface area contributed by atoms with E-state index in [0.29, 0.717) is 17.9 Å². The number of nitrogens with one attached hydrogen (secondary N) is 1. The van der Waals surface area contributed by atoms with E-state index in [1.165, 1.54) is 32.1 Å². The van der Waals surface area contributed by atoms with E-state index in [9.17, 15) is 4.79 Å². The predicted octanol–water partition coefficient (Wildman–Crippen LogP) is 2.59. The second-order valence-corrected chi connectivity index (χ2v) is 5.68. The molecule has 2 rings (SSSR count). The Balaban J connectivity index is 0.00000162. The zero-order chi connectivity index (χ0) is 12.1. The first-order chi connectivity index (χ1) is 8.27. The number of hydrogen-bond acceptors (Lipinski definition) is 2. The third-order valence-electron chi connectivity index (χ3n) is 4.13. The maximum atomic E-state index is 12.5. The summed E-state index contributed by atoms with van der Waals surface area (Å²) < 4.78 is 0. The summed E-state index contributed by atoms with van der Waals surface area (Å²) in [5.74, 6) is 0.751. The Morgan fingerprint density at radius 2 is 1.72 bits per heavy atom. The van der Waals surface area contributed by atoms with Crippen molar-refractivity contribution in [2.24, 2.45) is 5.92 Å². The first kappa shape index (κ1) is 15.8. The van der Waals surface area contributed by atoms with Crippen molar-refractivity contribution in [3.8, 4) is 0 Å². The number of nitrogens with zero attached hydrogens (tertiary/aromatic N) is 1. The number of halogens is 1. The second kappa shape index (κ2) is 8.00. The molecule has 1 aliphatic heterocycles. The van der Waals surface area contributed by atoms with Crippen molar-refractivity contribution in [2.75, 3.05) is 19.6 Å². The summed E-state index contributed by atoms with van der Waals surface area (Å²) in [5, 5.41) is 3.40. The fraction of sp³-hybridized carbons (Fsp3) is 0.929. The van der Waals surface area contributed by atoms with Gasteiger partial charge in [0.05, 0.1) is 0 Å². The number of carbonyl (C=O) groups is 1. The van der Waals surface area contributed by atoms with Crippen LogP contribution in [0.5, 0.6) is 0 Å². The van der Waals surface area contributed by atoms with Gasteiger partial charge in [-0.2, -0.15) is 0 Å². The average molecular weight is 275 g/mol. The highest BCUT2D eigenvalue weighted by atomic mass is 35.5. The molecule has 3 nitrogen and oxygen atoms in total. The van der Waals surface area contributed by atoms with E-state index in [4.69, 9.17) is 0 Å². The van der Waals surface area contributed by atoms with Crippen LogP contribution in [0.1, 0.15) is 51.9 Å². The zero-order valence-corrected chi connectivity index (χ0v) is 12.3. The van der Waals surface area contributed by atoms with Gasteiger partial charge in [0.2, 0.25) is 5.91 Å². The van der Waals surface area contributed by atoms with Crippen molar-refractivity contribution in [3.63, 3.8) is 0 Å². The molecule has 2 fully saturated rings. The molecule has 0 aromatic heterocycles. The van der Waals surface area contributed by atoms with Gasteiger partial charge in [0.15, 0.2) is 0 Å². The van der Waals surface area contributed by atoms with E-state index >= 15 is 0 Å². The van der Waals surface area contributed by atoms with Crippen LogP contribution in [-0.2, 0) is 4.79 Å². The summed E-state index contributed by atoms with van der Waals surface area (Å²) in [7, 11) is 0. The normalized spacial score (nSPS) is 26.9. The highest BCUT2D eigenvalue weighted by Gasteiger charge is 2.27. The van der Waals surface area contributed by atoms with Crippen LogP contribution in [0.3, 0.4) is 0 Å². The Labute approximate surface area is 117 Å². The topological polar surface area (TPSA) is 32.3 Å². The molecule has 0 spiro atoms. The van der Waals surface area contributed by atoms with E-state index in [1.807, 2.05) is 0 Å². The first-order valence-electron chi connectivity index (χ1n) is 7.29. The molecule has 1 amide bonds. The van der Waals surface area contributed by atoms with Crippen LogP contribution in [0, 0.1) is 5.92 Å². The summed E-state index contributed by atoms with van der Waals surface area (Å²) in [6.07, 6.45) is 8.75. The van der Waals surface area contributed by atoms with Gasteiger partial charge in [0.1, 0.15) is 0 Å². The van der Waals surface area contributed by atoms with Crippen molar-refractivity contribution in [1.29, 1.82) is 0 Å². The lowest BCUT2D eigenvalue weighted by atomic mass is 9.90. The maximum absolute atomic E-state index is 12.5. The third-order valence-corrected chi connectivity index (χ3v) is 4.13. The van der Waals surface area contributed by atoms with Gasteiger partial charge in [-0.1, -0.05) is 32.1 Å². The van der Waals surface area contributed by atoms with Crippen molar-refractivity contribution in [3.05, 3.63) is 0 Å². The highest BCUT2D eigenvalue weighted by molar-refractivity contribution is 5.85. The molecule has 1 N–H and O–H groups in total. The lowest BCUT2D eigenvalue weighted by Gasteiger charge is -2.34. The molecule has 1 saturated carbocycles. The molecule has 1 heterocycles. The molecule has 18 heavy (non-hydrogen) atoms. The van der Waals surface area contributed by atoms with Crippen LogP contribution in [0.2, 0.25) is 0 Å². The Bertz CT molecular complexity index is 252. The van der Waals surface area contributed by atoms with E-state index in [2.05, 4.69) is 17.1 Å². The molecule has 0 aromatic rings. The molecule has 0 aromatic carbocycles. The van der Waals surface area contributed by atoms with E-state index in [0.717, 1.165) is 32.5 Å². The van der Waals surface area contributed by atoms with E-state index in [-0.39, 0.29) is 12.4 Å². The Morgan fingerprint density at radius 3 is 2.33 bits per heavy atom. The number of amides is 1. The average Bonchev–Trinajstić information content (AvgIpc) is 2.28. The van der Waals surface area contributed by atoms with Crippen LogP contribution >= 0.6 is 12.4 Å². The number of hydrogen-bond donors (Lipinski definition) is 1. The predicted molar refractivity (Wildman–Crippen MR) is 77.1 cm³/mol. The summed E-state index contributed by atoms with van der Waals surface area (Å²) in [5.41, 5.74) is 0. The van der Waals surface area contributed by atoms with Crippen LogP contribution in [0.4, 0.5) is 0 Å².